The minimum Gasteiger partial charge on any atom is -0.358 e. The van der Waals surface area contributed by atoms with Crippen LogP contribution in [0.5, 0.6) is 0 Å². The van der Waals surface area contributed by atoms with Gasteiger partial charge in [0.1, 0.15) is 0 Å². The van der Waals surface area contributed by atoms with Crippen molar-refractivity contribution in [3.8, 4) is 0 Å². The lowest BCUT2D eigenvalue weighted by Gasteiger charge is -2.42. The maximum absolute atomic E-state index is 2.46. The Hall–Kier alpha value is -0.0400. The number of quaternary nitrogens is 1. The highest BCUT2D eigenvalue weighted by atomic mass is 15.3. The van der Waals surface area contributed by atoms with Crippen LogP contribution >= 0.6 is 0 Å². The third kappa shape index (κ3) is 6.78. The third-order valence-electron chi connectivity index (χ3n) is 4.27. The molecule has 0 aromatic heterocycles. The largest absolute Gasteiger partial charge is 0.358 e. The Balaban J connectivity index is 0.00000289. The molecule has 1 heterocycles. The molecule has 0 aromatic rings. The van der Waals surface area contributed by atoms with Crippen LogP contribution in [0.25, 0.3) is 0 Å². The zero-order valence-electron chi connectivity index (χ0n) is 14.0. The van der Waals surface area contributed by atoms with Gasteiger partial charge in [-0.15, -0.1) is 0 Å². The molecule has 0 amide bonds. The van der Waals surface area contributed by atoms with Crippen LogP contribution in [0, 0.1) is 31.1 Å². The van der Waals surface area contributed by atoms with Crippen LogP contribution in [0.4, 0.5) is 0 Å². The second-order valence-corrected chi connectivity index (χ2v) is 7.82. The van der Waals surface area contributed by atoms with E-state index >= 15 is 0 Å². The molecule has 3 atom stereocenters. The Morgan fingerprint density at radius 1 is 1.06 bits per heavy atom. The summed E-state index contributed by atoms with van der Waals surface area (Å²) in [4.78, 5) is 0. The Morgan fingerprint density at radius 2 is 1.67 bits per heavy atom. The molecule has 1 saturated heterocycles. The number of nitrogens with zero attached hydrogens (tertiary/aromatic N) is 1. The molecule has 0 aromatic carbocycles. The predicted octanol–water partition coefficient (Wildman–Crippen LogP) is 4.63. The molecule has 3 unspecified atom stereocenters. The summed E-state index contributed by atoms with van der Waals surface area (Å²) in [7, 11) is 4.81. The van der Waals surface area contributed by atoms with E-state index in [-0.39, 0.29) is 7.43 Å². The Bertz CT molecular complexity index is 220. The van der Waals surface area contributed by atoms with E-state index in [0.717, 1.165) is 23.7 Å². The molecule has 0 N–H and O–H groups in total. The summed E-state index contributed by atoms with van der Waals surface area (Å²) < 4.78 is 1.24. The van der Waals surface area contributed by atoms with E-state index in [2.05, 4.69) is 41.8 Å². The summed E-state index contributed by atoms with van der Waals surface area (Å²) in [5.74, 6) is 3.68. The fourth-order valence-electron chi connectivity index (χ4n) is 3.81. The van der Waals surface area contributed by atoms with Crippen molar-refractivity contribution in [1.29, 1.82) is 0 Å². The lowest BCUT2D eigenvalue weighted by Crippen LogP contribution is -2.50. The highest BCUT2D eigenvalue weighted by Crippen LogP contribution is 2.30. The van der Waals surface area contributed by atoms with E-state index in [0.29, 0.717) is 0 Å². The SMILES string of the molecule is CC(C)CCC(C)CC1CC(C)C[N+](C)(C)C1.[CH3-]. The first-order valence-electron chi connectivity index (χ1n) is 7.60. The highest BCUT2D eigenvalue weighted by Gasteiger charge is 2.32. The molecule has 1 rings (SSSR count). The molecule has 0 spiro atoms. The van der Waals surface area contributed by atoms with Gasteiger partial charge in [-0.05, 0) is 24.7 Å². The van der Waals surface area contributed by atoms with Gasteiger partial charge in [0.2, 0.25) is 0 Å². The van der Waals surface area contributed by atoms with Gasteiger partial charge >= 0.3 is 0 Å². The fourth-order valence-corrected chi connectivity index (χ4v) is 3.81. The second kappa shape index (κ2) is 7.53. The molecular weight excluding hydrogens is 218 g/mol. The van der Waals surface area contributed by atoms with Gasteiger partial charge in [-0.1, -0.05) is 40.5 Å². The van der Waals surface area contributed by atoms with Crippen LogP contribution in [0.15, 0.2) is 0 Å². The second-order valence-electron chi connectivity index (χ2n) is 7.82. The van der Waals surface area contributed by atoms with Crippen molar-refractivity contribution in [2.75, 3.05) is 27.2 Å². The van der Waals surface area contributed by atoms with E-state index < -0.39 is 0 Å². The van der Waals surface area contributed by atoms with Gasteiger partial charge in [-0.2, -0.15) is 0 Å². The summed E-state index contributed by atoms with van der Waals surface area (Å²) in [6.07, 6.45) is 5.75. The minimum atomic E-state index is 0. The molecule has 18 heavy (non-hydrogen) atoms. The van der Waals surface area contributed by atoms with Crippen LogP contribution < -0.4 is 0 Å². The summed E-state index contributed by atoms with van der Waals surface area (Å²) in [6, 6.07) is 0. The lowest BCUT2D eigenvalue weighted by molar-refractivity contribution is -0.902. The van der Waals surface area contributed by atoms with Crippen LogP contribution in [-0.2, 0) is 0 Å². The summed E-state index contributed by atoms with van der Waals surface area (Å²) in [5.41, 5.74) is 0. The van der Waals surface area contributed by atoms with Crippen molar-refractivity contribution in [3.05, 3.63) is 7.43 Å². The van der Waals surface area contributed by atoms with Gasteiger partial charge in [-0.3, -0.25) is 0 Å². The first-order chi connectivity index (χ1) is 7.78. The molecule has 0 saturated carbocycles. The molecule has 1 aliphatic heterocycles. The van der Waals surface area contributed by atoms with Crippen LogP contribution in [0.2, 0.25) is 0 Å². The molecule has 1 heteroatoms. The Labute approximate surface area is 117 Å². The maximum Gasteiger partial charge on any atom is 0.0811 e. The molecular formula is C17H37N. The average molecular weight is 255 g/mol. The van der Waals surface area contributed by atoms with Crippen LogP contribution in [0.1, 0.15) is 53.4 Å². The topological polar surface area (TPSA) is 0 Å². The van der Waals surface area contributed by atoms with E-state index in [9.17, 15) is 0 Å². The highest BCUT2D eigenvalue weighted by molar-refractivity contribution is 4.71. The van der Waals surface area contributed by atoms with Crippen molar-refractivity contribution in [3.63, 3.8) is 0 Å². The normalized spacial score (nSPS) is 28.8. The zero-order chi connectivity index (χ0) is 13.1. The predicted molar refractivity (Wildman–Crippen MR) is 83.4 cm³/mol. The van der Waals surface area contributed by atoms with Crippen molar-refractivity contribution >= 4 is 0 Å². The molecule has 0 bridgehead atoms. The van der Waals surface area contributed by atoms with E-state index in [4.69, 9.17) is 0 Å². The van der Waals surface area contributed by atoms with Crippen molar-refractivity contribution in [2.45, 2.75) is 53.4 Å². The van der Waals surface area contributed by atoms with Gasteiger partial charge in [-0.25, -0.2) is 0 Å². The summed E-state index contributed by atoms with van der Waals surface area (Å²) >= 11 is 0. The number of hydrogen-bond acceptors (Lipinski definition) is 0. The smallest absolute Gasteiger partial charge is 0.0811 e. The quantitative estimate of drug-likeness (QED) is 0.496. The number of hydrogen-bond donors (Lipinski definition) is 0. The third-order valence-corrected chi connectivity index (χ3v) is 4.27. The van der Waals surface area contributed by atoms with Crippen molar-refractivity contribution in [2.24, 2.45) is 23.7 Å². The van der Waals surface area contributed by atoms with E-state index in [1.54, 1.807) is 0 Å². The average Bonchev–Trinajstić information content (AvgIpc) is 2.11. The van der Waals surface area contributed by atoms with Gasteiger partial charge in [0.05, 0.1) is 27.2 Å². The summed E-state index contributed by atoms with van der Waals surface area (Å²) in [5, 5.41) is 0. The van der Waals surface area contributed by atoms with E-state index in [1.807, 2.05) is 0 Å². The molecule has 1 aliphatic rings. The monoisotopic (exact) mass is 255 g/mol. The summed E-state index contributed by atoms with van der Waals surface area (Å²) in [6.45, 7) is 12.4. The molecule has 1 nitrogen and oxygen atoms in total. The first-order valence-corrected chi connectivity index (χ1v) is 7.60. The molecule has 0 radical (unpaired) electrons. The minimum absolute atomic E-state index is 0. The van der Waals surface area contributed by atoms with Crippen molar-refractivity contribution in [1.82, 2.24) is 0 Å². The van der Waals surface area contributed by atoms with Crippen molar-refractivity contribution < 1.29 is 4.48 Å². The maximum atomic E-state index is 2.46. The number of rotatable bonds is 5. The van der Waals surface area contributed by atoms with Crippen LogP contribution in [-0.4, -0.2) is 31.7 Å². The van der Waals surface area contributed by atoms with Gasteiger partial charge in [0.25, 0.3) is 0 Å². The first kappa shape index (κ1) is 18.0. The van der Waals surface area contributed by atoms with Gasteiger partial charge < -0.3 is 11.9 Å². The Morgan fingerprint density at radius 3 is 2.17 bits per heavy atom. The molecule has 0 aliphatic carbocycles. The fraction of sp³-hybridized carbons (Fsp3) is 0.941. The molecule has 110 valence electrons. The van der Waals surface area contributed by atoms with Gasteiger partial charge in [0.15, 0.2) is 0 Å². The lowest BCUT2D eigenvalue weighted by atomic mass is 9.82. The molecule has 1 fully saturated rings. The number of likely N-dealkylation sites (tertiary alicyclic amines) is 1. The number of piperidine rings is 1. The zero-order valence-corrected chi connectivity index (χ0v) is 14.0. The Kier molecular flexibility index (Phi) is 7.51. The van der Waals surface area contributed by atoms with Crippen LogP contribution in [0.3, 0.4) is 0 Å². The standard InChI is InChI=1S/C16H34N.CH3/c1-13(2)7-8-14(3)9-16-10-15(4)11-17(5,6)12-16;/h13-16H,7-12H2,1-6H3;1H3/q+1;-1. The van der Waals surface area contributed by atoms with Gasteiger partial charge in [0, 0.05) is 11.8 Å². The van der Waals surface area contributed by atoms with E-state index in [1.165, 1.54) is 43.3 Å².